The summed E-state index contributed by atoms with van der Waals surface area (Å²) in [6, 6.07) is 17.5. The number of benzene rings is 3. The van der Waals surface area contributed by atoms with Crippen LogP contribution in [0.25, 0.3) is 10.8 Å². The van der Waals surface area contributed by atoms with E-state index in [0.717, 1.165) is 23.9 Å². The molecular weight excluding hydrogens is 506 g/mol. The van der Waals surface area contributed by atoms with Crippen molar-refractivity contribution in [2.75, 3.05) is 31.6 Å². The van der Waals surface area contributed by atoms with Crippen LogP contribution in [0.5, 0.6) is 5.75 Å². The SMILES string of the molecule is CC/C=C(Cl)\C=C(/C)CNc1ccc(OCCNCC)cc1C(=N)S(=O)(=O)c1cccc2ccccc12. The molecular formula is C29H34ClN3O3S. The first kappa shape index (κ1) is 28.4. The number of sulfone groups is 1. The molecule has 196 valence electrons. The third-order valence-corrected chi connectivity index (χ3v) is 7.64. The first-order chi connectivity index (χ1) is 17.8. The molecule has 37 heavy (non-hydrogen) atoms. The van der Waals surface area contributed by atoms with E-state index in [-0.39, 0.29) is 10.5 Å². The zero-order chi connectivity index (χ0) is 26.8. The third-order valence-electron chi connectivity index (χ3n) is 5.68. The van der Waals surface area contributed by atoms with Crippen LogP contribution >= 0.6 is 11.6 Å². The summed E-state index contributed by atoms with van der Waals surface area (Å²) in [6.07, 6.45) is 4.62. The molecule has 0 aromatic heterocycles. The van der Waals surface area contributed by atoms with E-state index in [9.17, 15) is 8.42 Å². The molecule has 0 bridgehead atoms. The maximum atomic E-state index is 13.7. The second kappa shape index (κ2) is 13.4. The van der Waals surface area contributed by atoms with Gasteiger partial charge >= 0.3 is 0 Å². The lowest BCUT2D eigenvalue weighted by Gasteiger charge is -2.16. The normalized spacial score (nSPS) is 12.5. The molecule has 0 aliphatic heterocycles. The van der Waals surface area contributed by atoms with Crippen LogP contribution in [0.15, 0.2) is 88.3 Å². The Labute approximate surface area is 224 Å². The number of fused-ring (bicyclic) bond motifs is 1. The van der Waals surface area contributed by atoms with Crippen LogP contribution in [-0.4, -0.2) is 39.7 Å². The van der Waals surface area contributed by atoms with Crippen LogP contribution in [0, 0.1) is 5.41 Å². The van der Waals surface area contributed by atoms with Crippen LogP contribution < -0.4 is 15.4 Å². The molecule has 8 heteroatoms. The van der Waals surface area contributed by atoms with Crippen LogP contribution in [0.2, 0.25) is 0 Å². The summed E-state index contributed by atoms with van der Waals surface area (Å²) in [5, 5.41) is 16.8. The van der Waals surface area contributed by atoms with Crippen LogP contribution in [0.1, 0.15) is 32.8 Å². The van der Waals surface area contributed by atoms with Crippen molar-refractivity contribution in [2.45, 2.75) is 32.1 Å². The first-order valence-corrected chi connectivity index (χ1v) is 14.2. The van der Waals surface area contributed by atoms with E-state index in [1.165, 1.54) is 0 Å². The topological polar surface area (TPSA) is 91.3 Å². The molecule has 0 saturated carbocycles. The highest BCUT2D eigenvalue weighted by atomic mass is 35.5. The Morgan fingerprint density at radius 2 is 1.84 bits per heavy atom. The van der Waals surface area contributed by atoms with Gasteiger partial charge in [0.25, 0.3) is 0 Å². The molecule has 0 amide bonds. The molecule has 0 saturated heterocycles. The smallest absolute Gasteiger partial charge is 0.224 e. The van der Waals surface area contributed by atoms with Crippen LogP contribution in [-0.2, 0) is 9.84 Å². The van der Waals surface area contributed by atoms with E-state index in [1.54, 1.807) is 42.5 Å². The van der Waals surface area contributed by atoms with Crippen molar-refractivity contribution in [2.24, 2.45) is 0 Å². The lowest BCUT2D eigenvalue weighted by Crippen LogP contribution is -2.21. The van der Waals surface area contributed by atoms with Crippen molar-refractivity contribution >= 4 is 42.9 Å². The molecule has 0 heterocycles. The number of nitrogens with one attached hydrogen (secondary N) is 3. The maximum Gasteiger partial charge on any atom is 0.224 e. The number of halogens is 1. The Balaban J connectivity index is 1.98. The molecule has 0 aliphatic rings. The van der Waals surface area contributed by atoms with E-state index in [2.05, 4.69) is 10.6 Å². The fourth-order valence-electron chi connectivity index (χ4n) is 3.83. The zero-order valence-electron chi connectivity index (χ0n) is 21.5. The molecule has 3 N–H and O–H groups in total. The summed E-state index contributed by atoms with van der Waals surface area (Å²) in [7, 11) is -4.12. The number of rotatable bonds is 12. The third kappa shape index (κ3) is 7.44. The molecule has 0 unspecified atom stereocenters. The number of hydrogen-bond acceptors (Lipinski definition) is 6. The van der Waals surface area contributed by atoms with Crippen LogP contribution in [0.3, 0.4) is 0 Å². The van der Waals surface area contributed by atoms with Crippen molar-refractivity contribution < 1.29 is 13.2 Å². The van der Waals surface area contributed by atoms with Gasteiger partial charge in [0.2, 0.25) is 9.84 Å². The summed E-state index contributed by atoms with van der Waals surface area (Å²) in [5.41, 5.74) is 1.74. The van der Waals surface area contributed by atoms with Crippen molar-refractivity contribution in [1.29, 1.82) is 5.41 Å². The van der Waals surface area contributed by atoms with Crippen LogP contribution in [0.4, 0.5) is 5.69 Å². The predicted molar refractivity (Wildman–Crippen MR) is 155 cm³/mol. The Morgan fingerprint density at radius 3 is 2.59 bits per heavy atom. The average molecular weight is 540 g/mol. The molecule has 3 aromatic carbocycles. The minimum atomic E-state index is -4.12. The van der Waals surface area contributed by atoms with Gasteiger partial charge in [-0.2, -0.15) is 0 Å². The highest BCUT2D eigenvalue weighted by molar-refractivity contribution is 8.07. The molecule has 3 aromatic rings. The second-order valence-corrected chi connectivity index (χ2v) is 10.9. The summed E-state index contributed by atoms with van der Waals surface area (Å²) in [6.45, 7) is 8.31. The average Bonchev–Trinajstić information content (AvgIpc) is 2.89. The maximum absolute atomic E-state index is 13.7. The Hall–Kier alpha value is -3.13. The summed E-state index contributed by atoms with van der Waals surface area (Å²) in [4.78, 5) is 0.104. The monoisotopic (exact) mass is 539 g/mol. The van der Waals surface area contributed by atoms with E-state index >= 15 is 0 Å². The molecule has 0 aliphatic carbocycles. The minimum absolute atomic E-state index is 0.104. The fraction of sp³-hybridized carbons (Fsp3) is 0.276. The van der Waals surface area contributed by atoms with Crippen molar-refractivity contribution in [3.8, 4) is 5.75 Å². The largest absolute Gasteiger partial charge is 0.492 e. The van der Waals surface area contributed by atoms with E-state index in [4.69, 9.17) is 21.7 Å². The van der Waals surface area contributed by atoms with E-state index < -0.39 is 14.9 Å². The number of allylic oxidation sites excluding steroid dienone is 3. The highest BCUT2D eigenvalue weighted by Crippen LogP contribution is 2.30. The Morgan fingerprint density at radius 1 is 1.08 bits per heavy atom. The van der Waals surface area contributed by atoms with Gasteiger partial charge in [0.1, 0.15) is 12.4 Å². The van der Waals surface area contributed by atoms with Gasteiger partial charge < -0.3 is 15.4 Å². The van der Waals surface area contributed by atoms with Gasteiger partial charge in [0, 0.05) is 34.8 Å². The Kier molecular flexibility index (Phi) is 10.3. The number of anilines is 1. The Bertz CT molecular complexity index is 1410. The molecule has 6 nitrogen and oxygen atoms in total. The van der Waals surface area contributed by atoms with Crippen molar-refractivity contribution in [3.05, 3.63) is 89.0 Å². The van der Waals surface area contributed by atoms with Gasteiger partial charge in [-0.25, -0.2) is 8.42 Å². The van der Waals surface area contributed by atoms with Gasteiger partial charge in [-0.15, -0.1) is 0 Å². The predicted octanol–water partition coefficient (Wildman–Crippen LogP) is 6.52. The molecule has 0 fully saturated rings. The summed E-state index contributed by atoms with van der Waals surface area (Å²) >= 11 is 6.23. The van der Waals surface area contributed by atoms with Gasteiger partial charge in [0.15, 0.2) is 5.04 Å². The van der Waals surface area contributed by atoms with Gasteiger partial charge in [-0.3, -0.25) is 5.41 Å². The standard InChI is InChI=1S/C29H34ClN3O3S/c1-4-9-23(30)18-21(3)20-33-27-15-14-24(36-17-16-32-5-2)19-26(27)29(31)37(34,35)28-13-8-11-22-10-6-7-12-25(22)28/h6-15,18-19,31-33H,4-5,16-17,20H2,1-3H3/b21-18+,23-9+,31-29?. The summed E-state index contributed by atoms with van der Waals surface area (Å²) in [5.74, 6) is 0.498. The quantitative estimate of drug-likeness (QED) is 0.105. The van der Waals surface area contributed by atoms with Gasteiger partial charge in [-0.1, -0.05) is 73.5 Å². The second-order valence-electron chi connectivity index (χ2n) is 8.56. The minimum Gasteiger partial charge on any atom is -0.492 e. The molecule has 0 atom stereocenters. The highest BCUT2D eigenvalue weighted by Gasteiger charge is 2.27. The van der Waals surface area contributed by atoms with Crippen molar-refractivity contribution in [3.63, 3.8) is 0 Å². The molecule has 0 radical (unpaired) electrons. The van der Waals surface area contributed by atoms with Gasteiger partial charge in [-0.05, 0) is 55.6 Å². The molecule has 0 spiro atoms. The molecule has 3 rings (SSSR count). The van der Waals surface area contributed by atoms with Crippen molar-refractivity contribution in [1.82, 2.24) is 5.32 Å². The number of ether oxygens (including phenoxy) is 1. The number of likely N-dealkylation sites (N-methyl/N-ethyl adjacent to an activating group) is 1. The lowest BCUT2D eigenvalue weighted by atomic mass is 10.1. The number of hydrogen-bond donors (Lipinski definition) is 3. The van der Waals surface area contributed by atoms with Gasteiger partial charge in [0.05, 0.1) is 4.90 Å². The van der Waals surface area contributed by atoms with E-state index in [1.807, 2.05) is 51.1 Å². The van der Waals surface area contributed by atoms with E-state index in [0.29, 0.717) is 41.6 Å². The lowest BCUT2D eigenvalue weighted by molar-refractivity contribution is 0.315. The summed E-state index contributed by atoms with van der Waals surface area (Å²) < 4.78 is 33.3. The fourth-order valence-corrected chi connectivity index (χ4v) is 5.58. The zero-order valence-corrected chi connectivity index (χ0v) is 23.0. The first-order valence-electron chi connectivity index (χ1n) is 12.3.